The summed E-state index contributed by atoms with van der Waals surface area (Å²) in [6, 6.07) is 0. The first-order valence-corrected chi connectivity index (χ1v) is 5.34. The van der Waals surface area contributed by atoms with Crippen LogP contribution in [0.15, 0.2) is 11.2 Å². The van der Waals surface area contributed by atoms with Crippen molar-refractivity contribution in [1.82, 2.24) is 0 Å². The Bertz CT molecular complexity index is 168. The van der Waals surface area contributed by atoms with Gasteiger partial charge in [0.2, 0.25) is 0 Å². The summed E-state index contributed by atoms with van der Waals surface area (Å²) in [7, 11) is -2.02. The van der Waals surface area contributed by atoms with E-state index in [-0.39, 0.29) is 18.8 Å². The highest BCUT2D eigenvalue weighted by Crippen LogP contribution is 2.03. The van der Waals surface area contributed by atoms with Gasteiger partial charge in [-0.25, -0.2) is 0 Å². The van der Waals surface area contributed by atoms with E-state index in [0.29, 0.717) is 0 Å². The molecule has 0 aromatic carbocycles. The molecule has 0 unspecified atom stereocenters. The van der Waals surface area contributed by atoms with Crippen molar-refractivity contribution in [2.75, 3.05) is 19.1 Å². The van der Waals surface area contributed by atoms with Crippen LogP contribution in [0.4, 0.5) is 0 Å². The van der Waals surface area contributed by atoms with Crippen LogP contribution in [0.5, 0.6) is 0 Å². The minimum Gasteiger partial charge on any atom is -0.508 e. The SMILES string of the molecule is C[S+](C)(=O)/C=C(\O)CCO. The summed E-state index contributed by atoms with van der Waals surface area (Å²) < 4.78 is 11.0. The number of hydrogen-bond acceptors (Lipinski definition) is 3. The molecule has 3 nitrogen and oxygen atoms in total. The lowest BCUT2D eigenvalue weighted by Crippen LogP contribution is -2.01. The lowest BCUT2D eigenvalue weighted by atomic mass is 10.4. The standard InChI is InChI=1S/C6H12O3S/c1-10(2,9)5-6(8)3-4-7/h5,7H,3-4H2,1-2H3/p+1. The van der Waals surface area contributed by atoms with Gasteiger partial charge in [0.15, 0.2) is 5.41 Å². The van der Waals surface area contributed by atoms with E-state index in [4.69, 9.17) is 10.2 Å². The lowest BCUT2D eigenvalue weighted by molar-refractivity contribution is 0.269. The summed E-state index contributed by atoms with van der Waals surface area (Å²) in [5.41, 5.74) is 0. The van der Waals surface area contributed by atoms with Crippen molar-refractivity contribution in [3.8, 4) is 0 Å². The van der Waals surface area contributed by atoms with E-state index in [0.717, 1.165) is 0 Å². The summed E-state index contributed by atoms with van der Waals surface area (Å²) in [6.07, 6.45) is 3.24. The fraction of sp³-hybridized carbons (Fsp3) is 0.667. The van der Waals surface area contributed by atoms with Crippen molar-refractivity contribution in [2.24, 2.45) is 0 Å². The van der Waals surface area contributed by atoms with Gasteiger partial charge in [0.05, 0.1) is 6.61 Å². The van der Waals surface area contributed by atoms with Gasteiger partial charge in [-0.3, -0.25) is 0 Å². The molecule has 60 valence electrons. The van der Waals surface area contributed by atoms with Crippen LogP contribution in [0.3, 0.4) is 0 Å². The van der Waals surface area contributed by atoms with Crippen molar-refractivity contribution < 1.29 is 14.4 Å². The van der Waals surface area contributed by atoms with E-state index in [1.807, 2.05) is 0 Å². The highest BCUT2D eigenvalue weighted by molar-refractivity contribution is 8.04. The van der Waals surface area contributed by atoms with Gasteiger partial charge in [0, 0.05) is 6.42 Å². The molecule has 0 bridgehead atoms. The van der Waals surface area contributed by atoms with Crippen LogP contribution in [0.1, 0.15) is 6.42 Å². The lowest BCUT2D eigenvalue weighted by Gasteiger charge is -1.94. The maximum atomic E-state index is 11.0. The molecule has 0 rings (SSSR count). The minimum absolute atomic E-state index is 0.00231. The summed E-state index contributed by atoms with van der Waals surface area (Å²) in [5.74, 6) is -0.00231. The van der Waals surface area contributed by atoms with Gasteiger partial charge in [-0.2, -0.15) is 0 Å². The van der Waals surface area contributed by atoms with Crippen LogP contribution in [0.2, 0.25) is 0 Å². The van der Waals surface area contributed by atoms with E-state index < -0.39 is 9.93 Å². The molecule has 10 heavy (non-hydrogen) atoms. The molecule has 0 saturated heterocycles. The van der Waals surface area contributed by atoms with E-state index in [1.165, 1.54) is 17.9 Å². The molecule has 0 aliphatic heterocycles. The summed E-state index contributed by atoms with van der Waals surface area (Å²) in [5, 5.41) is 18.5. The Morgan fingerprint density at radius 1 is 1.60 bits per heavy atom. The van der Waals surface area contributed by atoms with E-state index in [1.54, 1.807) is 0 Å². The van der Waals surface area contributed by atoms with Crippen LogP contribution < -0.4 is 0 Å². The maximum absolute atomic E-state index is 11.0. The number of rotatable bonds is 3. The minimum atomic E-state index is -2.02. The van der Waals surface area contributed by atoms with Crippen LogP contribution >= 0.6 is 0 Å². The van der Waals surface area contributed by atoms with Gasteiger partial charge >= 0.3 is 0 Å². The van der Waals surface area contributed by atoms with Gasteiger partial charge in [0.25, 0.3) is 0 Å². The van der Waals surface area contributed by atoms with Crippen molar-refractivity contribution in [2.45, 2.75) is 6.42 Å². The highest BCUT2D eigenvalue weighted by Gasteiger charge is 2.09. The third kappa shape index (κ3) is 5.78. The van der Waals surface area contributed by atoms with Crippen LogP contribution in [0.25, 0.3) is 0 Å². The normalized spacial score (nSPS) is 13.7. The fourth-order valence-corrected chi connectivity index (χ4v) is 1.27. The van der Waals surface area contributed by atoms with Gasteiger partial charge in [-0.05, 0) is 0 Å². The average molecular weight is 165 g/mol. The molecular formula is C6H13O3S+. The molecule has 0 fully saturated rings. The van der Waals surface area contributed by atoms with E-state index in [9.17, 15) is 4.21 Å². The Morgan fingerprint density at radius 3 is 2.40 bits per heavy atom. The zero-order valence-electron chi connectivity index (χ0n) is 6.20. The number of aliphatic hydroxyl groups excluding tert-OH is 2. The molecule has 0 aliphatic carbocycles. The topological polar surface area (TPSA) is 57.5 Å². The molecule has 0 amide bonds. The van der Waals surface area contributed by atoms with E-state index in [2.05, 4.69) is 0 Å². The molecule has 0 radical (unpaired) electrons. The molecule has 0 atom stereocenters. The van der Waals surface area contributed by atoms with Crippen LogP contribution in [-0.4, -0.2) is 29.3 Å². The Hall–Kier alpha value is -0.350. The van der Waals surface area contributed by atoms with Crippen molar-refractivity contribution in [1.29, 1.82) is 0 Å². The van der Waals surface area contributed by atoms with Crippen LogP contribution in [0, 0.1) is 0 Å². The van der Waals surface area contributed by atoms with Gasteiger partial charge < -0.3 is 10.2 Å². The monoisotopic (exact) mass is 165 g/mol. The Labute approximate surface area is 61.8 Å². The zero-order chi connectivity index (χ0) is 8.20. The molecular weight excluding hydrogens is 152 g/mol. The smallest absolute Gasteiger partial charge is 0.159 e. The molecule has 0 aromatic heterocycles. The highest BCUT2D eigenvalue weighted by atomic mass is 32.2. The number of aliphatic hydroxyl groups is 2. The Morgan fingerprint density at radius 2 is 2.10 bits per heavy atom. The third-order valence-corrected chi connectivity index (χ3v) is 1.63. The molecule has 0 spiro atoms. The second kappa shape index (κ2) is 3.73. The van der Waals surface area contributed by atoms with Crippen molar-refractivity contribution >= 4 is 9.93 Å². The quantitative estimate of drug-likeness (QED) is 0.473. The second-order valence-electron chi connectivity index (χ2n) is 2.39. The first kappa shape index (κ1) is 9.65. The summed E-state index contributed by atoms with van der Waals surface area (Å²) in [6.45, 7) is -0.113. The number of hydrogen-bond donors (Lipinski definition) is 2. The first-order valence-electron chi connectivity index (χ1n) is 2.90. The molecule has 0 saturated carbocycles. The third-order valence-electron chi connectivity index (χ3n) is 0.788. The average Bonchev–Trinajstić information content (AvgIpc) is 1.59. The van der Waals surface area contributed by atoms with Gasteiger partial charge in [-0.15, -0.1) is 4.21 Å². The van der Waals surface area contributed by atoms with Crippen molar-refractivity contribution in [3.63, 3.8) is 0 Å². The Kier molecular flexibility index (Phi) is 3.60. The van der Waals surface area contributed by atoms with Crippen LogP contribution in [-0.2, 0) is 14.1 Å². The maximum Gasteiger partial charge on any atom is 0.159 e. The predicted molar refractivity (Wildman–Crippen MR) is 42.3 cm³/mol. The summed E-state index contributed by atoms with van der Waals surface area (Å²) in [4.78, 5) is 0. The van der Waals surface area contributed by atoms with Gasteiger partial charge in [-0.1, -0.05) is 0 Å². The summed E-state index contributed by atoms with van der Waals surface area (Å²) >= 11 is 0. The first-order chi connectivity index (χ1) is 4.45. The zero-order valence-corrected chi connectivity index (χ0v) is 7.02. The largest absolute Gasteiger partial charge is 0.508 e. The molecule has 0 aromatic rings. The van der Waals surface area contributed by atoms with Gasteiger partial charge in [0.1, 0.15) is 28.2 Å². The molecule has 0 aliphatic rings. The van der Waals surface area contributed by atoms with Crippen molar-refractivity contribution in [3.05, 3.63) is 11.2 Å². The molecule has 4 heteroatoms. The second-order valence-corrected chi connectivity index (χ2v) is 5.25. The van der Waals surface area contributed by atoms with E-state index >= 15 is 0 Å². The fourth-order valence-electron chi connectivity index (χ4n) is 0.501. The predicted octanol–water partition coefficient (Wildman–Crippen LogP) is 0.527. The molecule has 2 N–H and O–H groups in total. The Balaban J connectivity index is 4.04. The molecule has 0 heterocycles.